The monoisotopic (exact) mass is 402 g/mol. The second kappa shape index (κ2) is 6.95. The van der Waals surface area contributed by atoms with Gasteiger partial charge in [-0.2, -0.15) is 8.75 Å². The first kappa shape index (κ1) is 18.0. The molecule has 0 radical (unpaired) electrons. The number of sulfonamides is 1. The predicted octanol–water partition coefficient (Wildman–Crippen LogP) is 2.57. The second-order valence-electron chi connectivity index (χ2n) is 6.59. The number of nitrogens with one attached hydrogen (secondary N) is 1. The summed E-state index contributed by atoms with van der Waals surface area (Å²) in [5.41, 5.74) is 2.45. The second-order valence-corrected chi connectivity index (χ2v) is 8.86. The van der Waals surface area contributed by atoms with E-state index in [2.05, 4.69) is 37.3 Å². The summed E-state index contributed by atoms with van der Waals surface area (Å²) in [6.45, 7) is 4.97. The molecule has 1 N–H and O–H groups in total. The normalized spacial score (nSPS) is 12.4. The Balaban J connectivity index is 1.68. The summed E-state index contributed by atoms with van der Waals surface area (Å²) in [4.78, 5) is 9.08. The van der Waals surface area contributed by atoms with E-state index in [1.54, 1.807) is 18.3 Å². The molecule has 0 fully saturated rings. The van der Waals surface area contributed by atoms with Crippen LogP contribution in [-0.4, -0.2) is 31.7 Å². The average Bonchev–Trinajstić information content (AvgIpc) is 3.24. The van der Waals surface area contributed by atoms with Crippen molar-refractivity contribution in [2.75, 3.05) is 0 Å². The number of hydrogen-bond acceptors (Lipinski definition) is 7. The van der Waals surface area contributed by atoms with Gasteiger partial charge in [0.25, 0.3) is 0 Å². The zero-order valence-electron chi connectivity index (χ0n) is 14.8. The smallest absolute Gasteiger partial charge is 0.243 e. The first-order valence-electron chi connectivity index (χ1n) is 8.47. The molecule has 0 unspecified atom stereocenters. The number of fused-ring (bicyclic) bond motifs is 2. The molecule has 4 aromatic rings. The molecule has 140 valence electrons. The first-order valence-corrected chi connectivity index (χ1v) is 10.7. The molecule has 0 atom stereocenters. The minimum Gasteiger partial charge on any atom is -0.311 e. The molecule has 0 aliphatic carbocycles. The minimum atomic E-state index is -3.76. The molecule has 0 saturated heterocycles. The molecule has 10 heteroatoms. The third-order valence-corrected chi connectivity index (χ3v) is 6.06. The topological polar surface area (TPSA) is 103 Å². The lowest BCUT2D eigenvalue weighted by atomic mass is 10.2. The molecular formula is C17H18N6O2S2. The maximum absolute atomic E-state index is 12.8. The van der Waals surface area contributed by atoms with Gasteiger partial charge in [0.1, 0.15) is 27.3 Å². The number of pyridine rings is 1. The van der Waals surface area contributed by atoms with Crippen LogP contribution in [0.15, 0.2) is 41.4 Å². The highest BCUT2D eigenvalue weighted by Crippen LogP contribution is 2.22. The van der Waals surface area contributed by atoms with E-state index in [-0.39, 0.29) is 11.4 Å². The van der Waals surface area contributed by atoms with Crippen LogP contribution in [-0.2, 0) is 23.1 Å². The quantitative estimate of drug-likeness (QED) is 0.532. The molecule has 3 aromatic heterocycles. The highest BCUT2D eigenvalue weighted by atomic mass is 32.2. The lowest BCUT2D eigenvalue weighted by molar-refractivity contribution is 0.510. The molecule has 0 aliphatic rings. The summed E-state index contributed by atoms with van der Waals surface area (Å²) in [5, 5.41) is 0. The highest BCUT2D eigenvalue weighted by Gasteiger charge is 2.21. The third kappa shape index (κ3) is 3.43. The van der Waals surface area contributed by atoms with Crippen molar-refractivity contribution in [1.82, 2.24) is 28.0 Å². The Morgan fingerprint density at radius 3 is 2.78 bits per heavy atom. The summed E-state index contributed by atoms with van der Waals surface area (Å²) in [5.74, 6) is 0.999. The average molecular weight is 403 g/mol. The van der Waals surface area contributed by atoms with E-state index in [9.17, 15) is 8.42 Å². The Morgan fingerprint density at radius 1 is 1.15 bits per heavy atom. The van der Waals surface area contributed by atoms with Crippen molar-refractivity contribution in [3.8, 4) is 0 Å². The van der Waals surface area contributed by atoms with E-state index in [4.69, 9.17) is 0 Å². The number of imidazole rings is 1. The SMILES string of the molecule is CC(C)Cn1c(CNS(=O)(=O)c2cccc3nsnc23)nc2cccnc21. The van der Waals surface area contributed by atoms with Crippen molar-refractivity contribution < 1.29 is 8.42 Å². The van der Waals surface area contributed by atoms with Crippen molar-refractivity contribution in [1.29, 1.82) is 0 Å². The van der Waals surface area contributed by atoms with Crippen LogP contribution in [0.1, 0.15) is 19.7 Å². The molecule has 0 saturated carbocycles. The van der Waals surface area contributed by atoms with E-state index in [1.807, 2.05) is 16.7 Å². The van der Waals surface area contributed by atoms with Gasteiger partial charge in [0.2, 0.25) is 10.0 Å². The Kier molecular flexibility index (Phi) is 4.62. The molecule has 8 nitrogen and oxygen atoms in total. The highest BCUT2D eigenvalue weighted by molar-refractivity contribution is 7.89. The van der Waals surface area contributed by atoms with Crippen molar-refractivity contribution >= 4 is 43.9 Å². The van der Waals surface area contributed by atoms with E-state index in [1.165, 1.54) is 6.07 Å². The van der Waals surface area contributed by atoms with E-state index < -0.39 is 10.0 Å². The lowest BCUT2D eigenvalue weighted by Crippen LogP contribution is -2.25. The largest absolute Gasteiger partial charge is 0.311 e. The van der Waals surface area contributed by atoms with E-state index in [0.29, 0.717) is 29.3 Å². The van der Waals surface area contributed by atoms with Gasteiger partial charge in [-0.1, -0.05) is 19.9 Å². The molecule has 3 heterocycles. The van der Waals surface area contributed by atoms with Crippen LogP contribution in [0, 0.1) is 5.92 Å². The molecule has 0 amide bonds. The van der Waals surface area contributed by atoms with Gasteiger partial charge < -0.3 is 4.57 Å². The Bertz CT molecular complexity index is 1210. The Hall–Kier alpha value is -2.43. The fraction of sp³-hybridized carbons (Fsp3) is 0.294. The van der Waals surface area contributed by atoms with Gasteiger partial charge >= 0.3 is 0 Å². The van der Waals surface area contributed by atoms with E-state index >= 15 is 0 Å². The maximum atomic E-state index is 12.8. The summed E-state index contributed by atoms with van der Waals surface area (Å²) in [7, 11) is -3.76. The maximum Gasteiger partial charge on any atom is 0.243 e. The molecule has 4 rings (SSSR count). The van der Waals surface area contributed by atoms with Crippen molar-refractivity contribution in [2.24, 2.45) is 5.92 Å². The van der Waals surface area contributed by atoms with Crippen LogP contribution >= 0.6 is 11.7 Å². The predicted molar refractivity (Wildman–Crippen MR) is 104 cm³/mol. The standard InChI is InChI=1S/C17H18N6O2S2/c1-11(2)10-23-15(20-13-6-4-8-18-17(13)23)9-19-27(24,25)14-7-3-5-12-16(14)22-26-21-12/h3-8,11,19H,9-10H2,1-2H3. The van der Waals surface area contributed by atoms with Crippen molar-refractivity contribution in [3.05, 3.63) is 42.4 Å². The molecule has 0 bridgehead atoms. The zero-order valence-corrected chi connectivity index (χ0v) is 16.5. The van der Waals surface area contributed by atoms with Gasteiger partial charge in [0.15, 0.2) is 5.65 Å². The fourth-order valence-electron chi connectivity index (χ4n) is 2.93. The third-order valence-electron chi connectivity index (χ3n) is 4.09. The fourth-order valence-corrected chi connectivity index (χ4v) is 4.68. The van der Waals surface area contributed by atoms with Crippen molar-refractivity contribution in [3.63, 3.8) is 0 Å². The van der Waals surface area contributed by atoms with Gasteiger partial charge in [-0.05, 0) is 30.2 Å². The number of hydrogen-bond donors (Lipinski definition) is 1. The van der Waals surface area contributed by atoms with Crippen LogP contribution in [0.3, 0.4) is 0 Å². The van der Waals surface area contributed by atoms with Crippen LogP contribution in [0.5, 0.6) is 0 Å². The van der Waals surface area contributed by atoms with Crippen LogP contribution in [0.2, 0.25) is 0 Å². The number of nitrogens with zero attached hydrogens (tertiary/aromatic N) is 5. The zero-order chi connectivity index (χ0) is 19.0. The molecule has 27 heavy (non-hydrogen) atoms. The first-order chi connectivity index (χ1) is 13.0. The summed E-state index contributed by atoms with van der Waals surface area (Å²) < 4.78 is 38.5. The minimum absolute atomic E-state index is 0.0688. The summed E-state index contributed by atoms with van der Waals surface area (Å²) >= 11 is 0.993. The summed E-state index contributed by atoms with van der Waals surface area (Å²) in [6, 6.07) is 8.63. The molecule has 0 aliphatic heterocycles. The van der Waals surface area contributed by atoms with E-state index in [0.717, 1.165) is 22.9 Å². The number of rotatable bonds is 6. The molecular weight excluding hydrogens is 384 g/mol. The number of aromatic nitrogens is 5. The van der Waals surface area contributed by atoms with Gasteiger partial charge in [-0.15, -0.1) is 0 Å². The van der Waals surface area contributed by atoms with Gasteiger partial charge in [0, 0.05) is 12.7 Å². The van der Waals surface area contributed by atoms with Crippen LogP contribution in [0.4, 0.5) is 0 Å². The van der Waals surface area contributed by atoms with Crippen molar-refractivity contribution in [2.45, 2.75) is 31.8 Å². The molecule has 0 spiro atoms. The van der Waals surface area contributed by atoms with Crippen LogP contribution < -0.4 is 4.72 Å². The Labute approximate surface area is 160 Å². The van der Waals surface area contributed by atoms with Gasteiger partial charge in [-0.25, -0.2) is 23.1 Å². The lowest BCUT2D eigenvalue weighted by Gasteiger charge is -2.12. The van der Waals surface area contributed by atoms with Gasteiger partial charge in [0.05, 0.1) is 18.3 Å². The molecule has 1 aromatic carbocycles. The Morgan fingerprint density at radius 2 is 1.96 bits per heavy atom. The number of benzene rings is 1. The summed E-state index contributed by atoms with van der Waals surface area (Å²) in [6.07, 6.45) is 1.71. The van der Waals surface area contributed by atoms with Gasteiger partial charge in [-0.3, -0.25) is 0 Å². The van der Waals surface area contributed by atoms with Crippen LogP contribution in [0.25, 0.3) is 22.2 Å².